The zero-order valence-electron chi connectivity index (χ0n) is 25.9. The number of oxime groups is 1. The fourth-order valence-corrected chi connectivity index (χ4v) is 6.94. The molecule has 0 aromatic heterocycles. The average molecular weight is 631 g/mol. The van der Waals surface area contributed by atoms with Gasteiger partial charge in [0.2, 0.25) is 11.8 Å². The number of aliphatic carboxylic acids is 1. The first-order valence-corrected chi connectivity index (χ1v) is 16.5. The number of carboxylic acids is 1. The number of ether oxygens (including phenoxy) is 1. The number of allylic oxidation sites excluding steroid dienone is 1. The summed E-state index contributed by atoms with van der Waals surface area (Å²) >= 11 is 0. The van der Waals surface area contributed by atoms with Crippen LogP contribution in [-0.2, 0) is 24.0 Å². The molecule has 3 amide bonds. The van der Waals surface area contributed by atoms with Crippen LogP contribution in [0.3, 0.4) is 0 Å². The van der Waals surface area contributed by atoms with Gasteiger partial charge in [-0.2, -0.15) is 0 Å². The number of hydrogen-bond acceptors (Lipinski definition) is 7. The fraction of sp³-hybridized carbons (Fsp3) is 0.514. The highest BCUT2D eigenvalue weighted by Crippen LogP contribution is 2.45. The summed E-state index contributed by atoms with van der Waals surface area (Å²) in [7, 11) is 0. The van der Waals surface area contributed by atoms with Gasteiger partial charge in [-0.15, -0.1) is 0 Å². The van der Waals surface area contributed by atoms with Crippen LogP contribution in [0.25, 0.3) is 10.8 Å². The molecular weight excluding hydrogens is 588 g/mol. The predicted molar refractivity (Wildman–Crippen MR) is 171 cm³/mol. The Morgan fingerprint density at radius 1 is 1.00 bits per heavy atom. The van der Waals surface area contributed by atoms with Crippen LogP contribution in [0.4, 0.5) is 4.79 Å². The Balaban J connectivity index is 1.21. The van der Waals surface area contributed by atoms with Crippen molar-refractivity contribution in [3.05, 3.63) is 60.2 Å². The van der Waals surface area contributed by atoms with Crippen molar-refractivity contribution in [3.8, 4) is 0 Å². The normalized spacial score (nSPS) is 29.7. The number of rotatable bonds is 6. The molecule has 2 aliphatic carbocycles. The van der Waals surface area contributed by atoms with Crippen LogP contribution in [0, 0.1) is 5.92 Å². The van der Waals surface area contributed by atoms with Gasteiger partial charge >= 0.3 is 12.1 Å². The van der Waals surface area contributed by atoms with E-state index in [4.69, 9.17) is 9.57 Å². The first-order valence-electron chi connectivity index (χ1n) is 16.5. The smallest absolute Gasteiger partial charge is 0.408 e. The van der Waals surface area contributed by atoms with Crippen LogP contribution >= 0.6 is 0 Å². The average Bonchev–Trinajstić information content (AvgIpc) is 3.32. The van der Waals surface area contributed by atoms with Crippen molar-refractivity contribution in [2.75, 3.05) is 6.54 Å². The molecule has 11 nitrogen and oxygen atoms in total. The van der Waals surface area contributed by atoms with Gasteiger partial charge in [-0.1, -0.05) is 66.5 Å². The highest BCUT2D eigenvalue weighted by atomic mass is 16.6. The maximum Gasteiger partial charge on any atom is 0.408 e. The zero-order chi connectivity index (χ0) is 32.1. The number of benzene rings is 2. The van der Waals surface area contributed by atoms with Gasteiger partial charge in [-0.05, 0) is 73.8 Å². The monoisotopic (exact) mass is 630 g/mol. The third kappa shape index (κ3) is 7.18. The van der Waals surface area contributed by atoms with Gasteiger partial charge in [-0.25, -0.2) is 9.59 Å². The number of amides is 3. The Bertz CT molecular complexity index is 1520. The summed E-state index contributed by atoms with van der Waals surface area (Å²) in [5.74, 6) is -2.39. The van der Waals surface area contributed by atoms with Gasteiger partial charge in [0.1, 0.15) is 29.8 Å². The SMILES string of the molecule is O=C(N[C@H]1CCCCC/C=C\C2C[C@@]2(C(=O)O)NC(=O)[C@@H]2C[C@@H](O/N=C/c3ccc4ccccc4c3)CN2C1=O)OC1CCCC1. The minimum atomic E-state index is -1.40. The molecular formula is C35H42N4O7. The van der Waals surface area contributed by atoms with E-state index in [2.05, 4.69) is 15.8 Å². The molecule has 2 aromatic carbocycles. The molecule has 46 heavy (non-hydrogen) atoms. The standard InChI is InChI=1S/C35H42N4O7/c40-31-30-19-28(46-36-21-23-16-17-24-10-6-7-11-25(24)18-23)22-39(30)32(41)29(37-34(44)45-27-13-8-9-14-27)15-5-3-1-2-4-12-26-20-35(26,38-31)33(42)43/h4,6-7,10-12,16-18,21,26-30H,1-3,5,8-9,13-15,19-20,22H2,(H,37,44)(H,38,40)(H,42,43)/b12-4-,36-21+/t26?,28-,29+,30+,35-/m1/s1. The van der Waals surface area contributed by atoms with Gasteiger partial charge in [0.15, 0.2) is 0 Å². The molecule has 2 heterocycles. The predicted octanol–water partition coefficient (Wildman–Crippen LogP) is 4.68. The Labute approximate surface area is 268 Å². The summed E-state index contributed by atoms with van der Waals surface area (Å²) in [5.41, 5.74) is -0.570. The van der Waals surface area contributed by atoms with Crippen molar-refractivity contribution in [3.63, 3.8) is 0 Å². The second kappa shape index (κ2) is 13.9. The summed E-state index contributed by atoms with van der Waals surface area (Å²) in [4.78, 5) is 60.3. The summed E-state index contributed by atoms with van der Waals surface area (Å²) < 4.78 is 5.60. The Morgan fingerprint density at radius 2 is 1.78 bits per heavy atom. The van der Waals surface area contributed by atoms with Crippen molar-refractivity contribution >= 4 is 40.9 Å². The topological polar surface area (TPSA) is 147 Å². The molecule has 3 fully saturated rings. The first kappa shape index (κ1) is 31.6. The number of nitrogens with zero attached hydrogens (tertiary/aromatic N) is 2. The van der Waals surface area contributed by atoms with Gasteiger partial charge < -0.3 is 30.2 Å². The Kier molecular flexibility index (Phi) is 9.56. The maximum absolute atomic E-state index is 14.1. The van der Waals surface area contributed by atoms with Gasteiger partial charge in [0.25, 0.3) is 0 Å². The van der Waals surface area contributed by atoms with Crippen LogP contribution in [0.15, 0.2) is 59.8 Å². The molecule has 0 radical (unpaired) electrons. The summed E-state index contributed by atoms with van der Waals surface area (Å²) in [6.07, 6.45) is 11.6. The molecule has 1 saturated heterocycles. The van der Waals surface area contributed by atoms with E-state index in [1.807, 2.05) is 54.6 Å². The number of carbonyl (C=O) groups is 4. The van der Waals surface area contributed by atoms with Gasteiger partial charge in [0, 0.05) is 12.3 Å². The number of nitrogens with one attached hydrogen (secondary N) is 2. The van der Waals surface area contributed by atoms with E-state index in [0.29, 0.717) is 19.3 Å². The second-order valence-electron chi connectivity index (χ2n) is 13.0. The van der Waals surface area contributed by atoms with E-state index < -0.39 is 47.6 Å². The minimum Gasteiger partial charge on any atom is -0.479 e. The van der Waals surface area contributed by atoms with E-state index in [0.717, 1.165) is 61.3 Å². The maximum atomic E-state index is 14.1. The van der Waals surface area contributed by atoms with E-state index >= 15 is 0 Å². The van der Waals surface area contributed by atoms with Crippen LogP contribution in [0.1, 0.15) is 76.2 Å². The van der Waals surface area contributed by atoms with Gasteiger partial charge in [-0.3, -0.25) is 9.59 Å². The van der Waals surface area contributed by atoms with E-state index in [1.54, 1.807) is 6.21 Å². The summed E-state index contributed by atoms with van der Waals surface area (Å²) in [5, 5.41) is 22.0. The molecule has 2 saturated carbocycles. The molecule has 6 rings (SSSR count). The molecule has 244 valence electrons. The molecule has 3 N–H and O–H groups in total. The molecule has 2 aromatic rings. The Hall–Kier alpha value is -4.41. The molecule has 11 heteroatoms. The third-order valence-corrected chi connectivity index (χ3v) is 9.67. The minimum absolute atomic E-state index is 0.0607. The van der Waals surface area contributed by atoms with Gasteiger partial charge in [0.05, 0.1) is 12.8 Å². The number of hydrogen-bond donors (Lipinski definition) is 3. The Morgan fingerprint density at radius 3 is 2.59 bits per heavy atom. The van der Waals surface area contributed by atoms with Crippen molar-refractivity contribution in [2.45, 2.75) is 100 Å². The summed E-state index contributed by atoms with van der Waals surface area (Å²) in [6.45, 7) is 0.0607. The largest absolute Gasteiger partial charge is 0.479 e. The summed E-state index contributed by atoms with van der Waals surface area (Å²) in [6, 6.07) is 12.0. The van der Waals surface area contributed by atoms with E-state index in [1.165, 1.54) is 4.90 Å². The van der Waals surface area contributed by atoms with Crippen LogP contribution in [0.5, 0.6) is 0 Å². The first-order chi connectivity index (χ1) is 22.3. The number of fused-ring (bicyclic) bond motifs is 3. The lowest BCUT2D eigenvalue weighted by atomic mass is 10.0. The molecule has 2 aliphatic heterocycles. The van der Waals surface area contributed by atoms with E-state index in [9.17, 15) is 24.3 Å². The second-order valence-corrected chi connectivity index (χ2v) is 13.0. The zero-order valence-corrected chi connectivity index (χ0v) is 25.9. The van der Waals surface area contributed by atoms with Crippen LogP contribution in [0.2, 0.25) is 0 Å². The lowest BCUT2D eigenvalue weighted by Gasteiger charge is -2.29. The quantitative estimate of drug-likeness (QED) is 0.239. The molecule has 0 spiro atoms. The number of carbonyl (C=O) groups excluding carboxylic acids is 3. The lowest BCUT2D eigenvalue weighted by molar-refractivity contribution is -0.145. The third-order valence-electron chi connectivity index (χ3n) is 9.67. The molecule has 1 unspecified atom stereocenters. The highest BCUT2D eigenvalue weighted by Gasteiger charge is 2.61. The van der Waals surface area contributed by atoms with Crippen molar-refractivity contribution in [2.24, 2.45) is 11.1 Å². The number of alkyl carbamates (subject to hydrolysis) is 1. The van der Waals surface area contributed by atoms with Crippen molar-refractivity contribution in [1.82, 2.24) is 15.5 Å². The lowest BCUT2D eigenvalue weighted by Crippen LogP contribution is -2.56. The van der Waals surface area contributed by atoms with Crippen LogP contribution < -0.4 is 10.6 Å². The van der Waals surface area contributed by atoms with Crippen molar-refractivity contribution < 1.29 is 33.9 Å². The van der Waals surface area contributed by atoms with Crippen LogP contribution in [-0.4, -0.2) is 76.5 Å². The fourth-order valence-electron chi connectivity index (χ4n) is 6.94. The molecule has 0 bridgehead atoms. The molecule has 5 atom stereocenters. The van der Waals surface area contributed by atoms with E-state index in [-0.39, 0.29) is 25.0 Å². The molecule has 4 aliphatic rings. The van der Waals surface area contributed by atoms with Crippen molar-refractivity contribution in [1.29, 1.82) is 0 Å². The number of carboxylic acid groups (broad SMARTS) is 1. The highest BCUT2D eigenvalue weighted by molar-refractivity contribution is 5.96.